The quantitative estimate of drug-likeness (QED) is 0.866. The van der Waals surface area contributed by atoms with Crippen LogP contribution in [-0.2, 0) is 4.79 Å². The van der Waals surface area contributed by atoms with Gasteiger partial charge in [-0.1, -0.05) is 6.07 Å². The van der Waals surface area contributed by atoms with Crippen LogP contribution in [0.5, 0.6) is 0 Å². The molecule has 0 bridgehead atoms. The lowest BCUT2D eigenvalue weighted by atomic mass is 10.00. The van der Waals surface area contributed by atoms with Gasteiger partial charge in [-0.3, -0.25) is 9.78 Å². The van der Waals surface area contributed by atoms with E-state index in [9.17, 15) is 4.79 Å². The summed E-state index contributed by atoms with van der Waals surface area (Å²) in [5, 5.41) is 0. The first-order chi connectivity index (χ1) is 8.63. The van der Waals surface area contributed by atoms with Gasteiger partial charge in [0.25, 0.3) is 0 Å². The van der Waals surface area contributed by atoms with Crippen LogP contribution in [0.3, 0.4) is 0 Å². The molecule has 1 aromatic heterocycles. The molecular weight excluding hydrogens is 226 g/mol. The Labute approximate surface area is 108 Å². The molecule has 1 saturated heterocycles. The van der Waals surface area contributed by atoms with Crippen LogP contribution >= 0.6 is 0 Å². The van der Waals surface area contributed by atoms with E-state index in [2.05, 4.69) is 4.98 Å². The lowest BCUT2D eigenvalue weighted by Gasteiger charge is -2.32. The average Bonchev–Trinajstić information content (AvgIpc) is 2.49. The summed E-state index contributed by atoms with van der Waals surface area (Å²) in [6, 6.07) is 3.91. The highest BCUT2D eigenvalue weighted by Crippen LogP contribution is 2.28. The molecule has 4 heteroatoms. The van der Waals surface area contributed by atoms with E-state index in [1.165, 1.54) is 0 Å². The number of nitrogens with zero attached hydrogens (tertiary/aromatic N) is 2. The van der Waals surface area contributed by atoms with E-state index >= 15 is 0 Å². The molecule has 1 aliphatic heterocycles. The summed E-state index contributed by atoms with van der Waals surface area (Å²) >= 11 is 0. The first-order valence-corrected chi connectivity index (χ1v) is 6.61. The fraction of sp³-hybridized carbons (Fsp3) is 0.571. The smallest absolute Gasteiger partial charge is 0.223 e. The number of hydrogen-bond acceptors (Lipinski definition) is 3. The lowest BCUT2D eigenvalue weighted by molar-refractivity contribution is -0.133. The van der Waals surface area contributed by atoms with Gasteiger partial charge >= 0.3 is 0 Å². The number of hydrogen-bond donors (Lipinski definition) is 1. The highest BCUT2D eigenvalue weighted by atomic mass is 16.2. The van der Waals surface area contributed by atoms with Crippen LogP contribution in [-0.4, -0.2) is 28.4 Å². The van der Waals surface area contributed by atoms with Crippen molar-refractivity contribution in [1.82, 2.24) is 9.88 Å². The number of carbonyl (C=O) groups excluding carboxylic acids is 1. The molecule has 1 aromatic rings. The topological polar surface area (TPSA) is 59.2 Å². The van der Waals surface area contributed by atoms with Crippen molar-refractivity contribution in [3.8, 4) is 0 Å². The molecule has 1 amide bonds. The average molecular weight is 247 g/mol. The number of pyridine rings is 1. The number of aryl methyl sites for hydroxylation is 1. The zero-order valence-corrected chi connectivity index (χ0v) is 11.1. The first kappa shape index (κ1) is 13.0. The standard InChI is InChI=1S/C14H21N3O/c1-3-17-13(18)6-4-5-11(15)14(17)12-8-7-10(2)9-16-12/h7-9,11,14H,3-6,15H2,1-2H3. The van der Waals surface area contributed by atoms with Gasteiger partial charge in [-0.05, 0) is 38.3 Å². The SMILES string of the molecule is CCN1C(=O)CCCC(N)C1c1ccc(C)cn1. The van der Waals surface area contributed by atoms with E-state index in [1.54, 1.807) is 0 Å². The van der Waals surface area contributed by atoms with Crippen molar-refractivity contribution >= 4 is 5.91 Å². The highest BCUT2D eigenvalue weighted by Gasteiger charge is 2.32. The Morgan fingerprint density at radius 1 is 1.50 bits per heavy atom. The fourth-order valence-corrected chi connectivity index (χ4v) is 2.58. The maximum absolute atomic E-state index is 12.1. The summed E-state index contributed by atoms with van der Waals surface area (Å²) in [4.78, 5) is 18.4. The van der Waals surface area contributed by atoms with Gasteiger partial charge in [-0.25, -0.2) is 0 Å². The van der Waals surface area contributed by atoms with Gasteiger partial charge in [0.1, 0.15) is 0 Å². The molecule has 2 rings (SSSR count). The van der Waals surface area contributed by atoms with Crippen molar-refractivity contribution in [2.24, 2.45) is 5.73 Å². The zero-order chi connectivity index (χ0) is 13.1. The summed E-state index contributed by atoms with van der Waals surface area (Å²) in [5.74, 6) is 0.192. The largest absolute Gasteiger partial charge is 0.333 e. The molecule has 0 aromatic carbocycles. The molecule has 0 aliphatic carbocycles. The third kappa shape index (κ3) is 2.53. The summed E-state index contributed by atoms with van der Waals surface area (Å²) in [6.07, 6.45) is 4.19. The number of likely N-dealkylation sites (tertiary alicyclic amines) is 1. The Morgan fingerprint density at radius 3 is 2.89 bits per heavy atom. The second-order valence-electron chi connectivity index (χ2n) is 4.94. The fourth-order valence-electron chi connectivity index (χ4n) is 2.58. The van der Waals surface area contributed by atoms with Crippen molar-refractivity contribution in [3.05, 3.63) is 29.6 Å². The molecule has 1 aliphatic rings. The Morgan fingerprint density at radius 2 is 2.28 bits per heavy atom. The van der Waals surface area contributed by atoms with Crippen LogP contribution < -0.4 is 5.73 Å². The van der Waals surface area contributed by atoms with Crippen LogP contribution in [0.15, 0.2) is 18.3 Å². The van der Waals surface area contributed by atoms with E-state index in [0.29, 0.717) is 13.0 Å². The Bertz CT molecular complexity index is 416. The predicted octanol–water partition coefficient (Wildman–Crippen LogP) is 1.79. The molecule has 18 heavy (non-hydrogen) atoms. The van der Waals surface area contributed by atoms with Crippen molar-refractivity contribution in [1.29, 1.82) is 0 Å². The second kappa shape index (κ2) is 5.48. The Hall–Kier alpha value is -1.42. The van der Waals surface area contributed by atoms with E-state index < -0.39 is 0 Å². The predicted molar refractivity (Wildman–Crippen MR) is 70.9 cm³/mol. The van der Waals surface area contributed by atoms with E-state index in [1.807, 2.05) is 37.1 Å². The van der Waals surface area contributed by atoms with Crippen molar-refractivity contribution < 1.29 is 4.79 Å². The summed E-state index contributed by atoms with van der Waals surface area (Å²) < 4.78 is 0. The van der Waals surface area contributed by atoms with Crippen LogP contribution in [0.1, 0.15) is 43.5 Å². The normalized spacial score (nSPS) is 25.1. The van der Waals surface area contributed by atoms with Crippen LogP contribution in [0.25, 0.3) is 0 Å². The van der Waals surface area contributed by atoms with Gasteiger partial charge in [-0.15, -0.1) is 0 Å². The third-order valence-electron chi connectivity index (χ3n) is 3.57. The second-order valence-corrected chi connectivity index (χ2v) is 4.94. The monoisotopic (exact) mass is 247 g/mol. The minimum absolute atomic E-state index is 0.0217. The van der Waals surface area contributed by atoms with E-state index in [-0.39, 0.29) is 18.0 Å². The zero-order valence-electron chi connectivity index (χ0n) is 11.1. The van der Waals surface area contributed by atoms with Gasteiger partial charge in [0.05, 0.1) is 11.7 Å². The molecular formula is C14H21N3O. The minimum atomic E-state index is -0.0781. The maximum atomic E-state index is 12.1. The van der Waals surface area contributed by atoms with Crippen LogP contribution in [0.4, 0.5) is 0 Å². The number of nitrogens with two attached hydrogens (primary N) is 1. The summed E-state index contributed by atoms with van der Waals surface area (Å²) in [5.41, 5.74) is 8.27. The van der Waals surface area contributed by atoms with Gasteiger partial charge in [0.2, 0.25) is 5.91 Å². The number of carbonyl (C=O) groups is 1. The molecule has 2 heterocycles. The Kier molecular flexibility index (Phi) is 3.97. The highest BCUT2D eigenvalue weighted by molar-refractivity contribution is 5.77. The number of likely N-dealkylation sites (N-methyl/N-ethyl adjacent to an activating group) is 1. The van der Waals surface area contributed by atoms with Crippen LogP contribution in [0.2, 0.25) is 0 Å². The molecule has 98 valence electrons. The molecule has 4 nitrogen and oxygen atoms in total. The van der Waals surface area contributed by atoms with E-state index in [0.717, 1.165) is 24.1 Å². The summed E-state index contributed by atoms with van der Waals surface area (Å²) in [7, 11) is 0. The van der Waals surface area contributed by atoms with Gasteiger partial charge in [-0.2, -0.15) is 0 Å². The first-order valence-electron chi connectivity index (χ1n) is 6.61. The van der Waals surface area contributed by atoms with Gasteiger partial charge in [0, 0.05) is 25.2 Å². The number of amides is 1. The molecule has 0 saturated carbocycles. The van der Waals surface area contributed by atoms with Crippen molar-refractivity contribution in [2.45, 2.75) is 45.2 Å². The molecule has 0 radical (unpaired) electrons. The Balaban J connectivity index is 2.35. The molecule has 2 atom stereocenters. The van der Waals surface area contributed by atoms with Crippen molar-refractivity contribution in [3.63, 3.8) is 0 Å². The van der Waals surface area contributed by atoms with Crippen LogP contribution in [0, 0.1) is 6.92 Å². The number of aromatic nitrogens is 1. The number of rotatable bonds is 2. The third-order valence-corrected chi connectivity index (χ3v) is 3.57. The molecule has 2 N–H and O–H groups in total. The molecule has 2 unspecified atom stereocenters. The van der Waals surface area contributed by atoms with Crippen molar-refractivity contribution in [2.75, 3.05) is 6.54 Å². The van der Waals surface area contributed by atoms with E-state index in [4.69, 9.17) is 5.73 Å². The molecule has 0 spiro atoms. The minimum Gasteiger partial charge on any atom is -0.333 e. The lowest BCUT2D eigenvalue weighted by Crippen LogP contribution is -2.42. The van der Waals surface area contributed by atoms with Gasteiger partial charge < -0.3 is 10.6 Å². The van der Waals surface area contributed by atoms with Gasteiger partial charge in [0.15, 0.2) is 0 Å². The summed E-state index contributed by atoms with van der Waals surface area (Å²) in [6.45, 7) is 4.69. The maximum Gasteiger partial charge on any atom is 0.223 e. The molecule has 1 fully saturated rings.